The predicted octanol–water partition coefficient (Wildman–Crippen LogP) is 3.31. The summed E-state index contributed by atoms with van der Waals surface area (Å²) in [6.45, 7) is 0.223. The molecule has 0 bridgehead atoms. The minimum atomic E-state index is -3.85. The zero-order valence-electron chi connectivity index (χ0n) is 24.1. The number of hydrogen-bond acceptors (Lipinski definition) is 5. The van der Waals surface area contributed by atoms with Gasteiger partial charge in [0.25, 0.3) is 0 Å². The van der Waals surface area contributed by atoms with Gasteiger partial charge in [0.15, 0.2) is 0 Å². The highest BCUT2D eigenvalue weighted by molar-refractivity contribution is 7.88. The molecule has 1 saturated carbocycles. The van der Waals surface area contributed by atoms with Crippen LogP contribution < -0.4 is 21.1 Å². The Morgan fingerprint density at radius 2 is 1.47 bits per heavy atom. The van der Waals surface area contributed by atoms with Crippen LogP contribution in [-0.2, 0) is 44.8 Å². The van der Waals surface area contributed by atoms with Crippen LogP contribution >= 0.6 is 0 Å². The van der Waals surface area contributed by atoms with Gasteiger partial charge in [-0.3, -0.25) is 15.0 Å². The number of benzene rings is 3. The van der Waals surface area contributed by atoms with Crippen LogP contribution in [0.4, 0.5) is 0 Å². The second-order valence-electron chi connectivity index (χ2n) is 11.7. The summed E-state index contributed by atoms with van der Waals surface area (Å²) in [7, 11) is -3.85. The summed E-state index contributed by atoms with van der Waals surface area (Å²) in [5.41, 5.74) is 8.29. The van der Waals surface area contributed by atoms with Crippen LogP contribution in [0.25, 0.3) is 0 Å². The van der Waals surface area contributed by atoms with Crippen LogP contribution in [0.15, 0.2) is 78.9 Å². The SMILES string of the molecule is N=C(N)c1ccc(CNC(=O)C2(NC(=O)[C@H](NS(=O)(=O)Cc3ccccc3)C3CCCCC3)Cc3ccccc3C2)cc1. The van der Waals surface area contributed by atoms with Gasteiger partial charge in [0, 0.05) is 24.9 Å². The number of carbonyl (C=O) groups is 2. The summed E-state index contributed by atoms with van der Waals surface area (Å²) < 4.78 is 29.4. The van der Waals surface area contributed by atoms with Gasteiger partial charge in [0.1, 0.15) is 17.4 Å². The molecule has 0 heterocycles. The highest BCUT2D eigenvalue weighted by Crippen LogP contribution is 2.32. The number of nitrogens with two attached hydrogens (primary N) is 1. The number of hydrogen-bond donors (Lipinski definition) is 5. The van der Waals surface area contributed by atoms with Crippen molar-refractivity contribution in [2.45, 2.75) is 68.8 Å². The lowest BCUT2D eigenvalue weighted by atomic mass is 9.83. The second kappa shape index (κ2) is 13.1. The van der Waals surface area contributed by atoms with E-state index in [1.165, 1.54) is 0 Å². The molecule has 2 aliphatic rings. The fourth-order valence-electron chi connectivity index (χ4n) is 6.25. The molecule has 9 nitrogen and oxygen atoms in total. The summed E-state index contributed by atoms with van der Waals surface area (Å²) in [4.78, 5) is 28.0. The van der Waals surface area contributed by atoms with Crippen LogP contribution in [0.1, 0.15) is 59.9 Å². The van der Waals surface area contributed by atoms with Crippen molar-refractivity contribution >= 4 is 27.7 Å². The summed E-state index contributed by atoms with van der Waals surface area (Å²) in [5.74, 6) is -1.24. The van der Waals surface area contributed by atoms with Crippen molar-refractivity contribution in [3.05, 3.63) is 107 Å². The number of rotatable bonds is 11. The van der Waals surface area contributed by atoms with Gasteiger partial charge in [-0.05, 0) is 41.0 Å². The van der Waals surface area contributed by atoms with Crippen LogP contribution in [0.3, 0.4) is 0 Å². The average Bonchev–Trinajstić information content (AvgIpc) is 3.39. The number of amides is 2. The Balaban J connectivity index is 1.37. The third-order valence-corrected chi connectivity index (χ3v) is 9.85. The molecule has 43 heavy (non-hydrogen) atoms. The number of nitrogens with one attached hydrogen (secondary N) is 4. The average molecular weight is 602 g/mol. The first-order valence-electron chi connectivity index (χ1n) is 14.8. The van der Waals surface area contributed by atoms with Crippen LogP contribution in [0.2, 0.25) is 0 Å². The normalized spacial score (nSPS) is 17.0. The molecule has 0 aliphatic heterocycles. The van der Waals surface area contributed by atoms with Gasteiger partial charge in [-0.2, -0.15) is 0 Å². The van der Waals surface area contributed by atoms with E-state index >= 15 is 0 Å². The van der Waals surface area contributed by atoms with Crippen LogP contribution in [-0.4, -0.2) is 37.6 Å². The zero-order chi connectivity index (χ0) is 30.5. The van der Waals surface area contributed by atoms with Gasteiger partial charge < -0.3 is 16.4 Å². The molecule has 3 aromatic rings. The number of nitrogen functional groups attached to an aromatic ring is 1. The lowest BCUT2D eigenvalue weighted by Gasteiger charge is -2.35. The molecule has 2 amide bonds. The summed E-state index contributed by atoms with van der Waals surface area (Å²) in [5, 5.41) is 13.6. The van der Waals surface area contributed by atoms with E-state index in [0.717, 1.165) is 48.8 Å². The molecule has 5 rings (SSSR count). The number of fused-ring (bicyclic) bond motifs is 1. The number of amidine groups is 1. The quantitative estimate of drug-likeness (QED) is 0.169. The first-order chi connectivity index (χ1) is 20.6. The molecule has 0 spiro atoms. The number of carbonyl (C=O) groups excluding carboxylic acids is 2. The van der Waals surface area contributed by atoms with E-state index in [-0.39, 0.29) is 30.0 Å². The van der Waals surface area contributed by atoms with E-state index in [9.17, 15) is 18.0 Å². The molecule has 0 saturated heterocycles. The van der Waals surface area contributed by atoms with Crippen molar-refractivity contribution in [3.63, 3.8) is 0 Å². The molecular formula is C33H39N5O4S. The Hall–Kier alpha value is -4.02. The molecule has 0 radical (unpaired) electrons. The minimum absolute atomic E-state index is 0.0344. The Labute approximate surface area is 253 Å². The van der Waals surface area contributed by atoms with E-state index in [0.29, 0.717) is 24.0 Å². The van der Waals surface area contributed by atoms with Gasteiger partial charge >= 0.3 is 0 Å². The Kier molecular flexibility index (Phi) is 9.27. The van der Waals surface area contributed by atoms with Gasteiger partial charge in [-0.15, -0.1) is 0 Å². The summed E-state index contributed by atoms with van der Waals surface area (Å²) >= 11 is 0. The molecule has 10 heteroatoms. The Morgan fingerprint density at radius 1 is 0.860 bits per heavy atom. The van der Waals surface area contributed by atoms with E-state index in [2.05, 4.69) is 15.4 Å². The molecule has 0 aromatic heterocycles. The minimum Gasteiger partial charge on any atom is -0.384 e. The summed E-state index contributed by atoms with van der Waals surface area (Å²) in [6.07, 6.45) is 4.99. The van der Waals surface area contributed by atoms with Crippen molar-refractivity contribution in [1.29, 1.82) is 5.41 Å². The van der Waals surface area contributed by atoms with Crippen molar-refractivity contribution in [1.82, 2.24) is 15.4 Å². The maximum atomic E-state index is 14.1. The summed E-state index contributed by atoms with van der Waals surface area (Å²) in [6, 6.07) is 22.7. The zero-order valence-corrected chi connectivity index (χ0v) is 25.0. The van der Waals surface area contributed by atoms with Gasteiger partial charge in [-0.25, -0.2) is 13.1 Å². The predicted molar refractivity (Wildman–Crippen MR) is 167 cm³/mol. The van der Waals surface area contributed by atoms with E-state index in [1.54, 1.807) is 48.5 Å². The Bertz CT molecular complexity index is 1540. The van der Waals surface area contributed by atoms with Crippen LogP contribution in [0.5, 0.6) is 0 Å². The van der Waals surface area contributed by atoms with Gasteiger partial charge in [0.05, 0.1) is 5.75 Å². The maximum absolute atomic E-state index is 14.1. The standard InChI is InChI=1S/C33H39N5O4S/c34-30(35)26-17-15-23(16-18-26)21-36-32(40)33(19-27-13-7-8-14-28(27)20-33)37-31(39)29(25-11-5-2-6-12-25)38-43(41,42)22-24-9-3-1-4-10-24/h1,3-4,7-10,13-18,25,29,38H,2,5-6,11-12,19-22H2,(H3,34,35)(H,36,40)(H,37,39)/t29-/m1/s1. The van der Waals surface area contributed by atoms with E-state index in [1.807, 2.05) is 30.3 Å². The van der Waals surface area contributed by atoms with Crippen molar-refractivity contribution in [2.24, 2.45) is 11.7 Å². The molecule has 226 valence electrons. The van der Waals surface area contributed by atoms with E-state index in [4.69, 9.17) is 11.1 Å². The van der Waals surface area contributed by atoms with Crippen LogP contribution in [0, 0.1) is 11.3 Å². The molecule has 6 N–H and O–H groups in total. The lowest BCUT2D eigenvalue weighted by molar-refractivity contribution is -0.135. The molecular weight excluding hydrogens is 562 g/mol. The molecule has 0 unspecified atom stereocenters. The first kappa shape index (κ1) is 30.4. The highest BCUT2D eigenvalue weighted by Gasteiger charge is 2.47. The fraction of sp³-hybridized carbons (Fsp3) is 0.364. The third kappa shape index (κ3) is 7.50. The monoisotopic (exact) mass is 601 g/mol. The maximum Gasteiger partial charge on any atom is 0.246 e. The lowest BCUT2D eigenvalue weighted by Crippen LogP contribution is -2.64. The molecule has 1 atom stereocenters. The fourth-order valence-corrected chi connectivity index (χ4v) is 7.65. The molecule has 1 fully saturated rings. The highest BCUT2D eigenvalue weighted by atomic mass is 32.2. The third-order valence-electron chi connectivity index (χ3n) is 8.53. The van der Waals surface area contributed by atoms with E-state index < -0.39 is 27.5 Å². The first-order valence-corrected chi connectivity index (χ1v) is 16.4. The van der Waals surface area contributed by atoms with Crippen molar-refractivity contribution in [3.8, 4) is 0 Å². The topological polar surface area (TPSA) is 154 Å². The smallest absolute Gasteiger partial charge is 0.246 e. The van der Waals surface area contributed by atoms with Gasteiger partial charge in [0.2, 0.25) is 21.8 Å². The number of sulfonamides is 1. The Morgan fingerprint density at radius 3 is 2.07 bits per heavy atom. The van der Waals surface area contributed by atoms with Crippen molar-refractivity contribution < 1.29 is 18.0 Å². The second-order valence-corrected chi connectivity index (χ2v) is 13.5. The largest absolute Gasteiger partial charge is 0.384 e. The molecule has 2 aliphatic carbocycles. The van der Waals surface area contributed by atoms with Gasteiger partial charge in [-0.1, -0.05) is 98.1 Å². The molecule has 3 aromatic carbocycles. The van der Waals surface area contributed by atoms with Crippen molar-refractivity contribution in [2.75, 3.05) is 0 Å².